The van der Waals surface area contributed by atoms with Crippen LogP contribution in [0.4, 0.5) is 5.69 Å². The van der Waals surface area contributed by atoms with E-state index in [9.17, 15) is 10.1 Å². The minimum absolute atomic E-state index is 0.0302. The van der Waals surface area contributed by atoms with E-state index in [1.54, 1.807) is 56.7 Å². The smallest absolute Gasteiger partial charge is 0.266 e. The van der Waals surface area contributed by atoms with E-state index in [2.05, 4.69) is 5.32 Å². The number of amides is 1. The minimum atomic E-state index is -0.500. The van der Waals surface area contributed by atoms with Gasteiger partial charge in [0.25, 0.3) is 5.91 Å². The predicted molar refractivity (Wildman–Crippen MR) is 104 cm³/mol. The Bertz CT molecular complexity index is 851. The number of nitriles is 1. The molecule has 2 rings (SSSR count). The first kappa shape index (κ1) is 19.9. The lowest BCUT2D eigenvalue weighted by Gasteiger charge is -2.11. The van der Waals surface area contributed by atoms with Gasteiger partial charge in [0.2, 0.25) is 0 Å². The summed E-state index contributed by atoms with van der Waals surface area (Å²) in [6.07, 6.45) is 2.34. The van der Waals surface area contributed by atoms with Crippen molar-refractivity contribution in [3.8, 4) is 23.3 Å². The van der Waals surface area contributed by atoms with Crippen LogP contribution >= 0.6 is 0 Å². The van der Waals surface area contributed by atoms with Gasteiger partial charge in [0.15, 0.2) is 0 Å². The summed E-state index contributed by atoms with van der Waals surface area (Å²) in [4.78, 5) is 12.5. The molecule has 27 heavy (non-hydrogen) atoms. The maximum absolute atomic E-state index is 12.5. The molecule has 1 amide bonds. The highest BCUT2D eigenvalue weighted by Gasteiger charge is 2.12. The summed E-state index contributed by atoms with van der Waals surface area (Å²) in [5, 5.41) is 12.1. The Hall–Kier alpha value is -3.46. The summed E-state index contributed by atoms with van der Waals surface area (Å²) < 4.78 is 16.0. The Balaban J connectivity index is 2.25. The molecule has 2 aromatic carbocycles. The molecule has 0 aliphatic carbocycles. The fourth-order valence-corrected chi connectivity index (χ4v) is 2.27. The minimum Gasteiger partial charge on any atom is -0.497 e. The van der Waals surface area contributed by atoms with Crippen LogP contribution in [0.3, 0.4) is 0 Å². The zero-order valence-electron chi connectivity index (χ0n) is 15.6. The molecule has 0 saturated carbocycles. The van der Waals surface area contributed by atoms with Crippen molar-refractivity contribution in [1.29, 1.82) is 5.26 Å². The molecule has 0 aromatic heterocycles. The van der Waals surface area contributed by atoms with Gasteiger partial charge < -0.3 is 19.5 Å². The fourth-order valence-electron chi connectivity index (χ4n) is 2.27. The van der Waals surface area contributed by atoms with Gasteiger partial charge in [0.1, 0.15) is 28.9 Å². The third-order valence-corrected chi connectivity index (χ3v) is 3.70. The molecule has 0 saturated heterocycles. The van der Waals surface area contributed by atoms with Gasteiger partial charge in [0.05, 0.1) is 20.8 Å². The van der Waals surface area contributed by atoms with Gasteiger partial charge in [-0.15, -0.1) is 0 Å². The van der Waals surface area contributed by atoms with Gasteiger partial charge >= 0.3 is 0 Å². The highest BCUT2D eigenvalue weighted by Crippen LogP contribution is 2.27. The van der Waals surface area contributed by atoms with E-state index in [0.29, 0.717) is 35.1 Å². The Labute approximate surface area is 159 Å². The number of benzene rings is 2. The van der Waals surface area contributed by atoms with Crippen LogP contribution in [0.5, 0.6) is 17.2 Å². The molecule has 0 bridgehead atoms. The van der Waals surface area contributed by atoms with Crippen molar-refractivity contribution in [2.24, 2.45) is 0 Å². The van der Waals surface area contributed by atoms with Crippen LogP contribution in [-0.2, 0) is 4.79 Å². The number of anilines is 1. The van der Waals surface area contributed by atoms with E-state index in [0.717, 1.165) is 6.42 Å². The van der Waals surface area contributed by atoms with Crippen molar-refractivity contribution >= 4 is 17.7 Å². The van der Waals surface area contributed by atoms with Gasteiger partial charge in [-0.25, -0.2) is 0 Å². The van der Waals surface area contributed by atoms with Crippen molar-refractivity contribution in [2.75, 3.05) is 26.1 Å². The summed E-state index contributed by atoms with van der Waals surface area (Å²) in [6, 6.07) is 14.0. The predicted octanol–water partition coefficient (Wildman–Crippen LogP) is 4.04. The normalized spacial score (nSPS) is 10.7. The molecule has 0 unspecified atom stereocenters. The molecule has 2 aromatic rings. The van der Waals surface area contributed by atoms with Crippen molar-refractivity contribution in [2.45, 2.75) is 13.3 Å². The van der Waals surface area contributed by atoms with E-state index in [-0.39, 0.29) is 5.57 Å². The summed E-state index contributed by atoms with van der Waals surface area (Å²) in [6.45, 7) is 2.52. The molecule has 1 N–H and O–H groups in total. The third kappa shape index (κ3) is 5.51. The molecule has 0 fully saturated rings. The average Bonchev–Trinajstić information content (AvgIpc) is 2.71. The second-order valence-corrected chi connectivity index (χ2v) is 5.60. The van der Waals surface area contributed by atoms with E-state index in [1.807, 2.05) is 13.0 Å². The number of ether oxygens (including phenoxy) is 3. The molecular weight excluding hydrogens is 344 g/mol. The maximum Gasteiger partial charge on any atom is 0.266 e. The van der Waals surface area contributed by atoms with Crippen LogP contribution in [0.25, 0.3) is 6.08 Å². The summed E-state index contributed by atoms with van der Waals surface area (Å²) >= 11 is 0. The molecular formula is C21H22N2O4. The van der Waals surface area contributed by atoms with Gasteiger partial charge in [-0.05, 0) is 48.9 Å². The molecule has 140 valence electrons. The Morgan fingerprint density at radius 2 is 1.78 bits per heavy atom. The van der Waals surface area contributed by atoms with Gasteiger partial charge in [0, 0.05) is 17.3 Å². The standard InChI is InChI=1S/C21H22N2O4/c1-4-11-27-20-13-19(26-3)8-5-15(20)12-16(14-22)21(24)23-17-6-9-18(25-2)10-7-17/h5-10,12-13H,4,11H2,1-3H3,(H,23,24)/b16-12+. The third-order valence-electron chi connectivity index (χ3n) is 3.70. The van der Waals surface area contributed by atoms with E-state index < -0.39 is 5.91 Å². The van der Waals surface area contributed by atoms with Crippen molar-refractivity contribution in [3.05, 3.63) is 53.6 Å². The zero-order valence-corrected chi connectivity index (χ0v) is 15.6. The lowest BCUT2D eigenvalue weighted by atomic mass is 10.1. The first-order valence-electron chi connectivity index (χ1n) is 8.49. The monoisotopic (exact) mass is 366 g/mol. The average molecular weight is 366 g/mol. The molecule has 0 atom stereocenters. The van der Waals surface area contributed by atoms with Crippen LogP contribution in [-0.4, -0.2) is 26.7 Å². The second kappa shape index (κ2) is 9.88. The number of hydrogen-bond donors (Lipinski definition) is 1. The number of nitrogens with zero attached hydrogens (tertiary/aromatic N) is 1. The summed E-state index contributed by atoms with van der Waals surface area (Å²) in [7, 11) is 3.13. The number of methoxy groups -OCH3 is 2. The number of carbonyl (C=O) groups excluding carboxylic acids is 1. The van der Waals surface area contributed by atoms with Crippen LogP contribution in [0, 0.1) is 11.3 Å². The first-order valence-corrected chi connectivity index (χ1v) is 8.49. The van der Waals surface area contributed by atoms with E-state index in [1.165, 1.54) is 6.08 Å². The number of rotatable bonds is 8. The van der Waals surface area contributed by atoms with Crippen LogP contribution in [0.1, 0.15) is 18.9 Å². The topological polar surface area (TPSA) is 80.6 Å². The number of hydrogen-bond acceptors (Lipinski definition) is 5. The maximum atomic E-state index is 12.5. The largest absolute Gasteiger partial charge is 0.497 e. The lowest BCUT2D eigenvalue weighted by Crippen LogP contribution is -2.13. The van der Waals surface area contributed by atoms with Crippen LogP contribution in [0.2, 0.25) is 0 Å². The van der Waals surface area contributed by atoms with Crippen molar-refractivity contribution < 1.29 is 19.0 Å². The molecule has 0 radical (unpaired) electrons. The zero-order chi connectivity index (χ0) is 19.6. The second-order valence-electron chi connectivity index (χ2n) is 5.60. The van der Waals surface area contributed by atoms with Crippen molar-refractivity contribution in [1.82, 2.24) is 0 Å². The van der Waals surface area contributed by atoms with Crippen molar-refractivity contribution in [3.63, 3.8) is 0 Å². The van der Waals surface area contributed by atoms with Gasteiger partial charge in [-0.2, -0.15) is 5.26 Å². The molecule has 6 nitrogen and oxygen atoms in total. The molecule has 0 aliphatic heterocycles. The Morgan fingerprint density at radius 3 is 2.37 bits per heavy atom. The quantitative estimate of drug-likeness (QED) is 0.563. The summed E-state index contributed by atoms with van der Waals surface area (Å²) in [5.41, 5.74) is 1.17. The highest BCUT2D eigenvalue weighted by atomic mass is 16.5. The number of nitrogens with one attached hydrogen (secondary N) is 1. The molecule has 0 aliphatic rings. The van der Waals surface area contributed by atoms with Crippen LogP contribution < -0.4 is 19.5 Å². The summed E-state index contributed by atoms with van der Waals surface area (Å²) in [5.74, 6) is 1.38. The van der Waals surface area contributed by atoms with E-state index in [4.69, 9.17) is 14.2 Å². The Kier molecular flexibility index (Phi) is 7.26. The number of carbonyl (C=O) groups is 1. The molecule has 0 heterocycles. The fraction of sp³-hybridized carbons (Fsp3) is 0.238. The van der Waals surface area contributed by atoms with E-state index >= 15 is 0 Å². The SMILES string of the molecule is CCCOc1cc(OC)ccc1/C=C(\C#N)C(=O)Nc1ccc(OC)cc1. The van der Waals surface area contributed by atoms with Gasteiger partial charge in [-0.3, -0.25) is 4.79 Å². The lowest BCUT2D eigenvalue weighted by molar-refractivity contribution is -0.112. The highest BCUT2D eigenvalue weighted by molar-refractivity contribution is 6.09. The molecule has 6 heteroatoms. The first-order chi connectivity index (χ1) is 13.1. The van der Waals surface area contributed by atoms with Gasteiger partial charge in [-0.1, -0.05) is 6.92 Å². The molecule has 0 spiro atoms. The van der Waals surface area contributed by atoms with Crippen LogP contribution in [0.15, 0.2) is 48.0 Å². The Morgan fingerprint density at radius 1 is 1.11 bits per heavy atom.